The highest BCUT2D eigenvalue weighted by atomic mass is 16.5. The standard InChI is InChI=1S/C21H35N7O3/c1-4-5-6-7-8-9-10-11-12-13-14-28-26-17(25-27-28)15-18(29)24-19-20(30-2)22-16-23-21(19)31-3/h16H,4-15H2,1-3H3,(H,24,29). The van der Waals surface area contributed by atoms with Crippen molar-refractivity contribution in [3.8, 4) is 11.8 Å². The minimum Gasteiger partial charge on any atom is -0.479 e. The predicted molar refractivity (Wildman–Crippen MR) is 117 cm³/mol. The second-order valence-electron chi connectivity index (χ2n) is 7.48. The van der Waals surface area contributed by atoms with Gasteiger partial charge in [0.1, 0.15) is 6.33 Å². The van der Waals surface area contributed by atoms with Crippen LogP contribution in [0.3, 0.4) is 0 Å². The molecule has 0 fully saturated rings. The monoisotopic (exact) mass is 433 g/mol. The number of methoxy groups -OCH3 is 2. The first-order chi connectivity index (χ1) is 15.2. The quantitative estimate of drug-likeness (QED) is 0.399. The van der Waals surface area contributed by atoms with Crippen molar-refractivity contribution in [3.05, 3.63) is 12.2 Å². The molecule has 2 aromatic heterocycles. The Kier molecular flexibility index (Phi) is 11.3. The summed E-state index contributed by atoms with van der Waals surface area (Å²) >= 11 is 0. The molecule has 0 atom stereocenters. The van der Waals surface area contributed by atoms with E-state index in [0.717, 1.165) is 12.8 Å². The molecular formula is C21H35N7O3. The lowest BCUT2D eigenvalue weighted by Gasteiger charge is -2.11. The maximum absolute atomic E-state index is 12.4. The van der Waals surface area contributed by atoms with Crippen LogP contribution in [-0.2, 0) is 17.8 Å². The van der Waals surface area contributed by atoms with Crippen molar-refractivity contribution in [3.63, 3.8) is 0 Å². The highest BCUT2D eigenvalue weighted by molar-refractivity contribution is 5.94. The number of aromatic nitrogens is 6. The van der Waals surface area contributed by atoms with Crippen molar-refractivity contribution >= 4 is 11.6 Å². The lowest BCUT2D eigenvalue weighted by Crippen LogP contribution is -2.17. The molecule has 0 saturated carbocycles. The number of carbonyl (C=O) groups excluding carboxylic acids is 1. The number of anilines is 1. The van der Waals surface area contributed by atoms with E-state index in [-0.39, 0.29) is 29.8 Å². The third-order valence-electron chi connectivity index (χ3n) is 4.95. The molecule has 0 spiro atoms. The number of carbonyl (C=O) groups is 1. The number of tetrazole rings is 1. The van der Waals surface area contributed by atoms with Crippen LogP contribution in [0.25, 0.3) is 0 Å². The molecule has 0 saturated heterocycles. The van der Waals surface area contributed by atoms with E-state index in [1.165, 1.54) is 71.9 Å². The van der Waals surface area contributed by atoms with Gasteiger partial charge in [0.2, 0.25) is 17.7 Å². The molecule has 0 aliphatic carbocycles. The Hall–Kier alpha value is -2.78. The van der Waals surface area contributed by atoms with Gasteiger partial charge >= 0.3 is 0 Å². The van der Waals surface area contributed by atoms with Gasteiger partial charge in [-0.1, -0.05) is 64.7 Å². The van der Waals surface area contributed by atoms with Gasteiger partial charge in [0, 0.05) is 0 Å². The number of aryl methyl sites for hydroxylation is 1. The molecule has 1 amide bonds. The van der Waals surface area contributed by atoms with Crippen molar-refractivity contribution in [2.45, 2.75) is 84.1 Å². The normalized spacial score (nSPS) is 10.8. The zero-order chi connectivity index (χ0) is 22.3. The number of amides is 1. The van der Waals surface area contributed by atoms with Crippen molar-refractivity contribution in [2.24, 2.45) is 0 Å². The van der Waals surface area contributed by atoms with Crippen molar-refractivity contribution < 1.29 is 14.3 Å². The van der Waals surface area contributed by atoms with Crippen LogP contribution in [0.5, 0.6) is 11.8 Å². The van der Waals surface area contributed by atoms with Crippen LogP contribution in [0.15, 0.2) is 6.33 Å². The smallest absolute Gasteiger partial charge is 0.244 e. The van der Waals surface area contributed by atoms with Gasteiger partial charge in [-0.3, -0.25) is 4.79 Å². The van der Waals surface area contributed by atoms with Crippen molar-refractivity contribution in [1.29, 1.82) is 0 Å². The average Bonchev–Trinajstić information content (AvgIpc) is 3.22. The van der Waals surface area contributed by atoms with Crippen LogP contribution in [0.1, 0.15) is 77.0 Å². The van der Waals surface area contributed by atoms with E-state index in [0.29, 0.717) is 12.4 Å². The minimum atomic E-state index is -0.329. The Morgan fingerprint density at radius 2 is 1.52 bits per heavy atom. The second-order valence-corrected chi connectivity index (χ2v) is 7.48. The Bertz CT molecular complexity index is 760. The highest BCUT2D eigenvalue weighted by Gasteiger charge is 2.17. The van der Waals surface area contributed by atoms with Gasteiger partial charge in [-0.05, 0) is 11.6 Å². The fraction of sp³-hybridized carbons (Fsp3) is 0.714. The zero-order valence-electron chi connectivity index (χ0n) is 19.0. The van der Waals surface area contributed by atoms with Gasteiger partial charge < -0.3 is 14.8 Å². The Labute approximate surface area is 184 Å². The fourth-order valence-corrected chi connectivity index (χ4v) is 3.28. The Morgan fingerprint density at radius 1 is 0.935 bits per heavy atom. The Morgan fingerprint density at radius 3 is 2.10 bits per heavy atom. The minimum absolute atomic E-state index is 0.0146. The summed E-state index contributed by atoms with van der Waals surface area (Å²) in [6, 6.07) is 0. The third-order valence-corrected chi connectivity index (χ3v) is 4.95. The van der Waals surface area contributed by atoms with Crippen LogP contribution in [0.2, 0.25) is 0 Å². The summed E-state index contributed by atoms with van der Waals surface area (Å²) in [7, 11) is 2.91. The maximum atomic E-state index is 12.4. The molecule has 0 bridgehead atoms. The fourth-order valence-electron chi connectivity index (χ4n) is 3.28. The average molecular weight is 434 g/mol. The van der Waals surface area contributed by atoms with Crippen molar-refractivity contribution in [1.82, 2.24) is 30.2 Å². The molecular weight excluding hydrogens is 398 g/mol. The SMILES string of the molecule is CCCCCCCCCCCCn1nnc(CC(=O)Nc2c(OC)ncnc2OC)n1. The number of ether oxygens (including phenoxy) is 2. The summed E-state index contributed by atoms with van der Waals surface area (Å²) < 4.78 is 10.3. The van der Waals surface area contributed by atoms with Gasteiger partial charge in [-0.15, -0.1) is 10.2 Å². The molecule has 1 N–H and O–H groups in total. The number of rotatable bonds is 16. The summed E-state index contributed by atoms with van der Waals surface area (Å²) in [6.07, 6.45) is 14.0. The molecule has 172 valence electrons. The Balaban J connectivity index is 1.67. The van der Waals surface area contributed by atoms with Gasteiger partial charge in [0.05, 0.1) is 27.2 Å². The maximum Gasteiger partial charge on any atom is 0.244 e. The number of unbranched alkanes of at least 4 members (excludes halogenated alkanes) is 9. The first kappa shape index (κ1) is 24.5. The van der Waals surface area contributed by atoms with Crippen LogP contribution in [-0.4, -0.2) is 50.3 Å². The largest absolute Gasteiger partial charge is 0.479 e. The van der Waals surface area contributed by atoms with Gasteiger partial charge in [-0.2, -0.15) is 14.8 Å². The van der Waals surface area contributed by atoms with E-state index in [9.17, 15) is 4.79 Å². The molecule has 2 heterocycles. The molecule has 2 rings (SSSR count). The van der Waals surface area contributed by atoms with E-state index in [2.05, 4.69) is 37.6 Å². The summed E-state index contributed by atoms with van der Waals surface area (Å²) in [5, 5.41) is 15.0. The summed E-state index contributed by atoms with van der Waals surface area (Å²) in [5.41, 5.74) is 0.273. The lowest BCUT2D eigenvalue weighted by molar-refractivity contribution is -0.115. The van der Waals surface area contributed by atoms with Crippen molar-refractivity contribution in [2.75, 3.05) is 19.5 Å². The topological polar surface area (TPSA) is 117 Å². The van der Waals surface area contributed by atoms with Gasteiger partial charge in [0.15, 0.2) is 11.5 Å². The zero-order valence-corrected chi connectivity index (χ0v) is 19.0. The van der Waals surface area contributed by atoms with Crippen LogP contribution in [0, 0.1) is 0 Å². The van der Waals surface area contributed by atoms with E-state index in [1.807, 2.05) is 0 Å². The first-order valence-electron chi connectivity index (χ1n) is 11.2. The molecule has 31 heavy (non-hydrogen) atoms. The van der Waals surface area contributed by atoms with Crippen LogP contribution in [0.4, 0.5) is 5.69 Å². The molecule has 0 radical (unpaired) electrons. The molecule has 0 aliphatic rings. The molecule has 0 unspecified atom stereocenters. The third kappa shape index (κ3) is 8.85. The van der Waals surface area contributed by atoms with Gasteiger partial charge in [0.25, 0.3) is 0 Å². The molecule has 10 heteroatoms. The number of hydrogen-bond donors (Lipinski definition) is 1. The number of nitrogens with one attached hydrogen (secondary N) is 1. The number of nitrogens with zero attached hydrogens (tertiary/aromatic N) is 6. The predicted octanol–water partition coefficient (Wildman–Crippen LogP) is 3.58. The van der Waals surface area contributed by atoms with Crippen LogP contribution < -0.4 is 14.8 Å². The molecule has 0 aromatic carbocycles. The molecule has 0 aliphatic heterocycles. The number of hydrogen-bond acceptors (Lipinski definition) is 8. The molecule has 10 nitrogen and oxygen atoms in total. The van der Waals surface area contributed by atoms with E-state index >= 15 is 0 Å². The van der Waals surface area contributed by atoms with E-state index < -0.39 is 0 Å². The van der Waals surface area contributed by atoms with Crippen LogP contribution >= 0.6 is 0 Å². The lowest BCUT2D eigenvalue weighted by atomic mass is 10.1. The summed E-state index contributed by atoms with van der Waals surface area (Å²) in [5.74, 6) is 0.472. The first-order valence-corrected chi connectivity index (χ1v) is 11.2. The second kappa shape index (κ2) is 14.3. The highest BCUT2D eigenvalue weighted by Crippen LogP contribution is 2.29. The summed E-state index contributed by atoms with van der Waals surface area (Å²) in [4.78, 5) is 21.9. The van der Waals surface area contributed by atoms with Gasteiger partial charge in [-0.25, -0.2) is 0 Å². The van der Waals surface area contributed by atoms with E-state index in [4.69, 9.17) is 9.47 Å². The molecule has 2 aromatic rings. The van der Waals surface area contributed by atoms with E-state index in [1.54, 1.807) is 4.80 Å². The summed E-state index contributed by atoms with van der Waals surface area (Å²) in [6.45, 7) is 2.95.